The number of rotatable bonds is 5. The number of hydrogen-bond donors (Lipinski definition) is 0. The maximum atomic E-state index is 11.9. The molecule has 0 aliphatic heterocycles. The molecule has 80 valence electrons. The van der Waals surface area contributed by atoms with Gasteiger partial charge >= 0.3 is 5.03 Å². The molecular weight excluding hydrogens is 217 g/mol. The van der Waals surface area contributed by atoms with E-state index in [0.29, 0.717) is 0 Å². The molecule has 0 amide bonds. The number of halogens is 1. The van der Waals surface area contributed by atoms with Crippen LogP contribution in [0.25, 0.3) is 6.08 Å². The summed E-state index contributed by atoms with van der Waals surface area (Å²) in [6.07, 6.45) is 1.44. The van der Waals surface area contributed by atoms with Crippen molar-refractivity contribution >= 4 is 17.8 Å². The van der Waals surface area contributed by atoms with E-state index >= 15 is 0 Å². The lowest BCUT2D eigenvalue weighted by Crippen LogP contribution is -1.96. The Kier molecular flexibility index (Phi) is 4.83. The van der Waals surface area contributed by atoms with Gasteiger partial charge in [0, 0.05) is 11.8 Å². The largest absolute Gasteiger partial charge is 0.303 e. The van der Waals surface area contributed by atoms with Crippen LogP contribution in [0.15, 0.2) is 35.4 Å². The van der Waals surface area contributed by atoms with Gasteiger partial charge in [-0.3, -0.25) is 14.5 Å². The van der Waals surface area contributed by atoms with Crippen LogP contribution in [0.1, 0.15) is 5.56 Å². The summed E-state index contributed by atoms with van der Waals surface area (Å²) in [5, 5.41) is 10.6. The van der Waals surface area contributed by atoms with Crippen LogP contribution in [-0.2, 0) is 0 Å². The molecule has 0 saturated heterocycles. The molecule has 1 aromatic carbocycles. The highest BCUT2D eigenvalue weighted by molar-refractivity contribution is 8.02. The topological polar surface area (TPSA) is 43.1 Å². The third kappa shape index (κ3) is 4.12. The van der Waals surface area contributed by atoms with Crippen molar-refractivity contribution < 1.29 is 9.31 Å². The number of alkyl halides is 1. The van der Waals surface area contributed by atoms with Gasteiger partial charge in [-0.15, -0.1) is 0 Å². The third-order valence-electron chi connectivity index (χ3n) is 1.60. The van der Waals surface area contributed by atoms with Crippen LogP contribution in [0, 0.1) is 10.1 Å². The predicted molar refractivity (Wildman–Crippen MR) is 59.8 cm³/mol. The van der Waals surface area contributed by atoms with E-state index in [-0.39, 0.29) is 10.8 Å². The maximum absolute atomic E-state index is 11.9. The van der Waals surface area contributed by atoms with Gasteiger partial charge < -0.3 is 0 Å². The number of benzene rings is 1. The van der Waals surface area contributed by atoms with E-state index in [9.17, 15) is 14.5 Å². The molecule has 0 aliphatic rings. The average molecular weight is 227 g/mol. The van der Waals surface area contributed by atoms with Crippen molar-refractivity contribution in [2.75, 3.05) is 12.4 Å². The van der Waals surface area contributed by atoms with Crippen molar-refractivity contribution in [2.24, 2.45) is 0 Å². The molecule has 1 rings (SSSR count). The Morgan fingerprint density at radius 1 is 1.47 bits per heavy atom. The predicted octanol–water partition coefficient (Wildman–Crippen LogP) is 2.96. The van der Waals surface area contributed by atoms with Gasteiger partial charge in [-0.1, -0.05) is 30.3 Å². The van der Waals surface area contributed by atoms with Crippen molar-refractivity contribution in [1.82, 2.24) is 0 Å². The lowest BCUT2D eigenvalue weighted by atomic mass is 10.2. The van der Waals surface area contributed by atoms with Gasteiger partial charge in [0.05, 0.1) is 11.6 Å². The van der Waals surface area contributed by atoms with Crippen LogP contribution in [0.2, 0.25) is 0 Å². The highest BCUT2D eigenvalue weighted by Crippen LogP contribution is 2.19. The Balaban J connectivity index is 2.79. The molecule has 0 saturated carbocycles. The highest BCUT2D eigenvalue weighted by atomic mass is 32.2. The zero-order valence-corrected chi connectivity index (χ0v) is 8.74. The van der Waals surface area contributed by atoms with Crippen molar-refractivity contribution in [1.29, 1.82) is 0 Å². The van der Waals surface area contributed by atoms with Crippen molar-refractivity contribution in [3.8, 4) is 0 Å². The maximum Gasteiger partial charge on any atom is 0.303 e. The zero-order valence-electron chi connectivity index (χ0n) is 7.93. The number of hydrogen-bond acceptors (Lipinski definition) is 3. The molecule has 0 aliphatic carbocycles. The molecule has 1 aromatic rings. The first-order valence-corrected chi connectivity index (χ1v) is 5.32. The van der Waals surface area contributed by atoms with E-state index in [0.717, 1.165) is 17.3 Å². The Morgan fingerprint density at radius 2 is 2.13 bits per heavy atom. The van der Waals surface area contributed by atoms with Crippen LogP contribution < -0.4 is 0 Å². The Labute approximate surface area is 91.1 Å². The second-order valence-corrected chi connectivity index (χ2v) is 3.80. The number of thioether (sulfide) groups is 1. The van der Waals surface area contributed by atoms with Gasteiger partial charge in [0.25, 0.3) is 0 Å². The van der Waals surface area contributed by atoms with Crippen molar-refractivity contribution in [3.63, 3.8) is 0 Å². The Hall–Kier alpha value is -1.36. The first-order chi connectivity index (χ1) is 7.24. The highest BCUT2D eigenvalue weighted by Gasteiger charge is 2.10. The summed E-state index contributed by atoms with van der Waals surface area (Å²) in [5.74, 6) is 0.111. The minimum absolute atomic E-state index is 0.0288. The van der Waals surface area contributed by atoms with E-state index < -0.39 is 11.6 Å². The molecule has 0 heterocycles. The minimum Gasteiger partial charge on any atom is -0.258 e. The Morgan fingerprint density at radius 3 is 2.67 bits per heavy atom. The summed E-state index contributed by atoms with van der Waals surface area (Å²) in [6.45, 7) is -0.565. The molecular formula is C10H10FNO2S. The van der Waals surface area contributed by atoms with E-state index in [2.05, 4.69) is 0 Å². The van der Waals surface area contributed by atoms with Gasteiger partial charge in [0.15, 0.2) is 0 Å². The zero-order chi connectivity index (χ0) is 11.1. The number of nitrogens with zero attached hydrogens (tertiary/aromatic N) is 1. The molecule has 0 fully saturated rings. The fourth-order valence-corrected chi connectivity index (χ4v) is 1.59. The van der Waals surface area contributed by atoms with Gasteiger partial charge in [0.2, 0.25) is 0 Å². The fourth-order valence-electron chi connectivity index (χ4n) is 0.982. The lowest BCUT2D eigenvalue weighted by Gasteiger charge is -1.96. The molecule has 0 N–H and O–H groups in total. The molecule has 0 spiro atoms. The summed E-state index contributed by atoms with van der Waals surface area (Å²) in [5.41, 5.74) is 0.746. The van der Waals surface area contributed by atoms with Crippen LogP contribution in [-0.4, -0.2) is 17.4 Å². The summed E-state index contributed by atoms with van der Waals surface area (Å²) < 4.78 is 11.9. The molecule has 3 nitrogen and oxygen atoms in total. The molecule has 5 heteroatoms. The lowest BCUT2D eigenvalue weighted by molar-refractivity contribution is -0.408. The van der Waals surface area contributed by atoms with Crippen LogP contribution in [0.3, 0.4) is 0 Å². The minimum atomic E-state index is -0.565. The number of nitro groups is 1. The molecule has 0 aromatic heterocycles. The summed E-state index contributed by atoms with van der Waals surface area (Å²) in [7, 11) is 0. The summed E-state index contributed by atoms with van der Waals surface area (Å²) >= 11 is 0.912. The van der Waals surface area contributed by atoms with Crippen molar-refractivity contribution in [2.45, 2.75) is 0 Å². The van der Waals surface area contributed by atoms with E-state index in [4.69, 9.17) is 0 Å². The van der Waals surface area contributed by atoms with Gasteiger partial charge in [0.1, 0.15) is 0 Å². The standard InChI is InChI=1S/C10H10FNO2S/c11-6-7-15-10(12(13)14)8-9-4-2-1-3-5-9/h1-5,8H,6-7H2. The first kappa shape index (κ1) is 11.7. The Bertz CT molecular complexity index is 354. The fraction of sp³-hybridized carbons (Fsp3) is 0.200. The summed E-state index contributed by atoms with van der Waals surface area (Å²) in [6, 6.07) is 8.95. The molecule has 0 radical (unpaired) electrons. The molecule has 0 bridgehead atoms. The van der Waals surface area contributed by atoms with Crippen LogP contribution in [0.5, 0.6) is 0 Å². The molecule has 0 unspecified atom stereocenters. The second kappa shape index (κ2) is 6.19. The SMILES string of the molecule is O=[N+]([O-])C(=Cc1ccccc1)SCCF. The van der Waals surface area contributed by atoms with E-state index in [1.807, 2.05) is 6.07 Å². The second-order valence-electron chi connectivity index (χ2n) is 2.69. The van der Waals surface area contributed by atoms with E-state index in [1.54, 1.807) is 24.3 Å². The average Bonchev–Trinajstić information content (AvgIpc) is 2.25. The van der Waals surface area contributed by atoms with Gasteiger partial charge in [-0.2, -0.15) is 0 Å². The summed E-state index contributed by atoms with van der Waals surface area (Å²) in [4.78, 5) is 10.1. The van der Waals surface area contributed by atoms with E-state index in [1.165, 1.54) is 6.08 Å². The van der Waals surface area contributed by atoms with Gasteiger partial charge in [-0.05, 0) is 17.3 Å². The van der Waals surface area contributed by atoms with Crippen LogP contribution in [0.4, 0.5) is 4.39 Å². The first-order valence-electron chi connectivity index (χ1n) is 4.34. The van der Waals surface area contributed by atoms with Gasteiger partial charge in [-0.25, -0.2) is 0 Å². The molecule has 15 heavy (non-hydrogen) atoms. The van der Waals surface area contributed by atoms with Crippen molar-refractivity contribution in [3.05, 3.63) is 51.0 Å². The normalized spacial score (nSPS) is 11.4. The smallest absolute Gasteiger partial charge is 0.258 e. The van der Waals surface area contributed by atoms with Crippen LogP contribution >= 0.6 is 11.8 Å². The quantitative estimate of drug-likeness (QED) is 0.573. The molecule has 0 atom stereocenters. The monoisotopic (exact) mass is 227 g/mol. The third-order valence-corrected chi connectivity index (χ3v) is 2.52.